The van der Waals surface area contributed by atoms with Gasteiger partial charge in [0.15, 0.2) is 0 Å². The van der Waals surface area contributed by atoms with Gasteiger partial charge in [-0.2, -0.15) is 0 Å². The fraction of sp³-hybridized carbons (Fsp3) is 0.300. The van der Waals surface area contributed by atoms with E-state index in [1.807, 2.05) is 30.3 Å². The molecule has 1 saturated heterocycles. The molecule has 28 heavy (non-hydrogen) atoms. The summed E-state index contributed by atoms with van der Waals surface area (Å²) in [5.41, 5.74) is 0.615. The second kappa shape index (κ2) is 7.77. The van der Waals surface area contributed by atoms with Crippen molar-refractivity contribution in [3.05, 3.63) is 75.8 Å². The number of benzene rings is 2. The summed E-state index contributed by atoms with van der Waals surface area (Å²) >= 11 is 0. The molecule has 0 aliphatic carbocycles. The van der Waals surface area contributed by atoms with Crippen LogP contribution in [0.5, 0.6) is 0 Å². The summed E-state index contributed by atoms with van der Waals surface area (Å²) in [7, 11) is 2.95. The van der Waals surface area contributed by atoms with E-state index in [2.05, 4.69) is 0 Å². The van der Waals surface area contributed by atoms with Crippen molar-refractivity contribution in [2.45, 2.75) is 24.6 Å². The molecule has 8 nitrogen and oxygen atoms in total. The SMILES string of the molecule is CN1C(=O)C(C(O)c2ccccc2[N+](=O)[O-])N(C)C(=O)C1Cc1ccccc1. The lowest BCUT2D eigenvalue weighted by Crippen LogP contribution is -2.64. The lowest BCUT2D eigenvalue weighted by molar-refractivity contribution is -0.386. The second-order valence-corrected chi connectivity index (χ2v) is 6.81. The molecule has 3 unspecified atom stereocenters. The van der Waals surface area contributed by atoms with E-state index in [1.165, 1.54) is 42.1 Å². The number of likely N-dealkylation sites (N-methyl/N-ethyl adjacent to an activating group) is 2. The zero-order chi connectivity index (χ0) is 20.4. The van der Waals surface area contributed by atoms with Crippen molar-refractivity contribution in [1.82, 2.24) is 9.80 Å². The Morgan fingerprint density at radius 1 is 1.00 bits per heavy atom. The molecule has 8 heteroatoms. The normalized spacial score (nSPS) is 21.0. The van der Waals surface area contributed by atoms with Crippen molar-refractivity contribution in [1.29, 1.82) is 0 Å². The smallest absolute Gasteiger partial charge is 0.275 e. The van der Waals surface area contributed by atoms with E-state index in [0.29, 0.717) is 6.42 Å². The average Bonchev–Trinajstić information content (AvgIpc) is 2.70. The highest BCUT2D eigenvalue weighted by atomic mass is 16.6. The number of carbonyl (C=O) groups is 2. The lowest BCUT2D eigenvalue weighted by atomic mass is 9.93. The summed E-state index contributed by atoms with van der Waals surface area (Å²) < 4.78 is 0. The number of para-hydroxylation sites is 1. The Balaban J connectivity index is 1.90. The number of piperazine rings is 1. The quantitative estimate of drug-likeness (QED) is 0.623. The Kier molecular flexibility index (Phi) is 5.41. The zero-order valence-corrected chi connectivity index (χ0v) is 15.6. The predicted molar refractivity (Wildman–Crippen MR) is 101 cm³/mol. The number of aliphatic hydroxyl groups is 1. The zero-order valence-electron chi connectivity index (χ0n) is 15.6. The molecular weight excluding hydrogens is 362 g/mol. The maximum absolute atomic E-state index is 13.0. The van der Waals surface area contributed by atoms with E-state index in [4.69, 9.17) is 0 Å². The molecule has 3 atom stereocenters. The van der Waals surface area contributed by atoms with Gasteiger partial charge in [0.25, 0.3) is 5.69 Å². The van der Waals surface area contributed by atoms with E-state index in [-0.39, 0.29) is 17.2 Å². The fourth-order valence-corrected chi connectivity index (χ4v) is 3.55. The number of aliphatic hydroxyl groups excluding tert-OH is 1. The molecule has 1 heterocycles. The monoisotopic (exact) mass is 383 g/mol. The van der Waals surface area contributed by atoms with Crippen LogP contribution in [0.25, 0.3) is 0 Å². The number of carbonyl (C=O) groups excluding carboxylic acids is 2. The van der Waals surface area contributed by atoms with Crippen molar-refractivity contribution < 1.29 is 19.6 Å². The van der Waals surface area contributed by atoms with Crippen molar-refractivity contribution in [2.24, 2.45) is 0 Å². The van der Waals surface area contributed by atoms with E-state index >= 15 is 0 Å². The molecule has 2 aromatic carbocycles. The van der Waals surface area contributed by atoms with Crippen LogP contribution in [0.15, 0.2) is 54.6 Å². The van der Waals surface area contributed by atoms with Gasteiger partial charge in [0.2, 0.25) is 11.8 Å². The van der Waals surface area contributed by atoms with Gasteiger partial charge in [-0.05, 0) is 11.6 Å². The summed E-state index contributed by atoms with van der Waals surface area (Å²) in [5, 5.41) is 22.1. The van der Waals surface area contributed by atoms with E-state index in [0.717, 1.165) is 5.56 Å². The van der Waals surface area contributed by atoms with Crippen molar-refractivity contribution in [2.75, 3.05) is 14.1 Å². The molecule has 3 rings (SSSR count). The third kappa shape index (κ3) is 3.46. The molecule has 1 aliphatic heterocycles. The number of rotatable bonds is 5. The molecule has 0 radical (unpaired) electrons. The Bertz CT molecular complexity index is 902. The molecule has 1 aliphatic rings. The Labute approximate surface area is 162 Å². The van der Waals surface area contributed by atoms with Crippen molar-refractivity contribution in [3.63, 3.8) is 0 Å². The first-order valence-electron chi connectivity index (χ1n) is 8.81. The van der Waals surface area contributed by atoms with Crippen molar-refractivity contribution >= 4 is 17.5 Å². The summed E-state index contributed by atoms with van der Waals surface area (Å²) in [6.07, 6.45) is -1.16. The highest BCUT2D eigenvalue weighted by Gasteiger charge is 2.47. The third-order valence-electron chi connectivity index (χ3n) is 5.14. The summed E-state index contributed by atoms with van der Waals surface area (Å²) in [6.45, 7) is 0. The molecule has 0 aromatic heterocycles. The maximum atomic E-state index is 13.0. The standard InChI is InChI=1S/C20H21N3O5/c1-21-16(12-13-8-4-3-5-9-13)19(25)22(2)17(20(21)26)18(24)14-10-6-7-11-15(14)23(27)28/h3-11,16-18,24H,12H2,1-2H3. The Morgan fingerprint density at radius 2 is 1.61 bits per heavy atom. The molecular formula is C20H21N3O5. The predicted octanol–water partition coefficient (Wildman–Crippen LogP) is 1.54. The Hall–Kier alpha value is -3.26. The first kappa shape index (κ1) is 19.5. The summed E-state index contributed by atoms with van der Waals surface area (Å²) in [5.74, 6) is -0.790. The second-order valence-electron chi connectivity index (χ2n) is 6.81. The van der Waals surface area contributed by atoms with Crippen molar-refractivity contribution in [3.8, 4) is 0 Å². The third-order valence-corrected chi connectivity index (χ3v) is 5.14. The van der Waals surface area contributed by atoms with Crippen LogP contribution >= 0.6 is 0 Å². The van der Waals surface area contributed by atoms with Crippen LogP contribution in [0.2, 0.25) is 0 Å². The number of hydrogen-bond donors (Lipinski definition) is 1. The molecule has 2 amide bonds. The molecule has 0 bridgehead atoms. The van der Waals surface area contributed by atoms with Crippen LogP contribution in [0.4, 0.5) is 5.69 Å². The maximum Gasteiger partial charge on any atom is 0.275 e. The first-order valence-corrected chi connectivity index (χ1v) is 8.81. The number of nitrogens with zero attached hydrogens (tertiary/aromatic N) is 3. The molecule has 1 fully saturated rings. The number of amides is 2. The van der Waals surface area contributed by atoms with Gasteiger partial charge in [-0.1, -0.05) is 42.5 Å². The van der Waals surface area contributed by atoms with Crippen LogP contribution in [-0.4, -0.2) is 57.8 Å². The van der Waals surface area contributed by atoms with Gasteiger partial charge in [-0.25, -0.2) is 0 Å². The topological polar surface area (TPSA) is 104 Å². The highest BCUT2D eigenvalue weighted by molar-refractivity contribution is 5.97. The molecule has 146 valence electrons. The van der Waals surface area contributed by atoms with Gasteiger partial charge < -0.3 is 14.9 Å². The van der Waals surface area contributed by atoms with Crippen LogP contribution in [0.3, 0.4) is 0 Å². The van der Waals surface area contributed by atoms with Crippen LogP contribution in [0, 0.1) is 10.1 Å². The van der Waals surface area contributed by atoms with Gasteiger partial charge in [-0.15, -0.1) is 0 Å². The number of nitro benzene ring substituents is 1. The van der Waals surface area contributed by atoms with E-state index in [9.17, 15) is 24.8 Å². The minimum Gasteiger partial charge on any atom is -0.385 e. The van der Waals surface area contributed by atoms with Gasteiger partial charge in [-0.3, -0.25) is 19.7 Å². The highest BCUT2D eigenvalue weighted by Crippen LogP contribution is 2.32. The van der Waals surface area contributed by atoms with Gasteiger partial charge in [0.1, 0.15) is 18.2 Å². The molecule has 0 spiro atoms. The molecule has 2 aromatic rings. The minimum atomic E-state index is -1.51. The van der Waals surface area contributed by atoms with Gasteiger partial charge in [0, 0.05) is 26.6 Å². The Morgan fingerprint density at radius 3 is 2.25 bits per heavy atom. The summed E-state index contributed by atoms with van der Waals surface area (Å²) in [4.78, 5) is 39.1. The molecule has 0 saturated carbocycles. The lowest BCUT2D eigenvalue weighted by Gasteiger charge is -2.43. The number of nitro groups is 1. The minimum absolute atomic E-state index is 0.000379. The average molecular weight is 383 g/mol. The van der Waals surface area contributed by atoms with Crippen LogP contribution in [-0.2, 0) is 16.0 Å². The van der Waals surface area contributed by atoms with E-state index in [1.54, 1.807) is 6.07 Å². The number of hydrogen-bond acceptors (Lipinski definition) is 5. The van der Waals surface area contributed by atoms with Crippen LogP contribution < -0.4 is 0 Å². The summed E-state index contributed by atoms with van der Waals surface area (Å²) in [6, 6.07) is 13.1. The fourth-order valence-electron chi connectivity index (χ4n) is 3.55. The first-order chi connectivity index (χ1) is 13.3. The largest absolute Gasteiger partial charge is 0.385 e. The van der Waals surface area contributed by atoms with Gasteiger partial charge >= 0.3 is 0 Å². The molecule has 1 N–H and O–H groups in total. The van der Waals surface area contributed by atoms with Gasteiger partial charge in [0.05, 0.1) is 10.5 Å². The van der Waals surface area contributed by atoms with Crippen LogP contribution in [0.1, 0.15) is 17.2 Å². The van der Waals surface area contributed by atoms with E-state index < -0.39 is 29.0 Å².